The van der Waals surface area contributed by atoms with E-state index in [-0.39, 0.29) is 18.4 Å². The zero-order valence-electron chi connectivity index (χ0n) is 17.9. The number of methoxy groups -OCH3 is 1. The molecule has 0 bridgehead atoms. The lowest BCUT2D eigenvalue weighted by molar-refractivity contribution is -0.142. The molecular weight excluding hydrogens is 495 g/mol. The van der Waals surface area contributed by atoms with E-state index in [4.69, 9.17) is 9.47 Å². The smallest absolute Gasteiger partial charge is 0.261 e. The Morgan fingerprint density at radius 3 is 2.17 bits per heavy atom. The van der Waals surface area contributed by atoms with E-state index in [2.05, 4.69) is 27.9 Å². The lowest BCUT2D eigenvalue weighted by atomic mass is 10.1. The van der Waals surface area contributed by atoms with Crippen LogP contribution in [0, 0.1) is 9.49 Å². The molecule has 7 heteroatoms. The second-order valence-corrected chi connectivity index (χ2v) is 8.67. The van der Waals surface area contributed by atoms with E-state index in [0.29, 0.717) is 24.8 Å². The van der Waals surface area contributed by atoms with Crippen LogP contribution in [0.3, 0.4) is 0 Å². The number of carbonyl (C=O) groups is 2. The van der Waals surface area contributed by atoms with Gasteiger partial charge in [-0.3, -0.25) is 9.59 Å². The first-order valence-electron chi connectivity index (χ1n) is 9.88. The molecule has 2 aromatic carbocycles. The summed E-state index contributed by atoms with van der Waals surface area (Å²) in [5, 5.41) is 2.91. The largest absolute Gasteiger partial charge is 0.497 e. The second kappa shape index (κ2) is 11.8. The van der Waals surface area contributed by atoms with Gasteiger partial charge >= 0.3 is 0 Å². The standard InChI is InChI=1S/C23H29IN2O4/c1-16(2)13-25-23(28)17(3)26(14-18-5-9-20(29-4)10-6-18)22(27)15-30-21-11-7-19(24)8-12-21/h5-12,16-17H,13-15H2,1-4H3,(H,25,28)/t17-/m0/s1. The van der Waals surface area contributed by atoms with Crippen molar-refractivity contribution in [1.29, 1.82) is 0 Å². The molecule has 0 unspecified atom stereocenters. The van der Waals surface area contributed by atoms with Crippen molar-refractivity contribution in [2.75, 3.05) is 20.3 Å². The molecule has 0 aliphatic heterocycles. The molecule has 162 valence electrons. The zero-order chi connectivity index (χ0) is 22.1. The summed E-state index contributed by atoms with van der Waals surface area (Å²) < 4.78 is 11.9. The first kappa shape index (κ1) is 24.0. The number of carbonyl (C=O) groups excluding carboxylic acids is 2. The van der Waals surface area contributed by atoms with Crippen molar-refractivity contribution >= 4 is 34.4 Å². The van der Waals surface area contributed by atoms with Crippen LogP contribution in [0.4, 0.5) is 0 Å². The maximum Gasteiger partial charge on any atom is 0.261 e. The lowest BCUT2D eigenvalue weighted by Gasteiger charge is -2.29. The minimum Gasteiger partial charge on any atom is -0.497 e. The Labute approximate surface area is 192 Å². The van der Waals surface area contributed by atoms with Gasteiger partial charge in [-0.05, 0) is 77.4 Å². The molecule has 1 N–H and O–H groups in total. The van der Waals surface area contributed by atoms with Gasteiger partial charge in [-0.25, -0.2) is 0 Å². The van der Waals surface area contributed by atoms with Crippen LogP contribution in [0.25, 0.3) is 0 Å². The maximum absolute atomic E-state index is 13.0. The van der Waals surface area contributed by atoms with Crippen molar-refractivity contribution in [1.82, 2.24) is 10.2 Å². The van der Waals surface area contributed by atoms with Crippen LogP contribution in [0.15, 0.2) is 48.5 Å². The number of ether oxygens (including phenoxy) is 2. The predicted molar refractivity (Wildman–Crippen MR) is 126 cm³/mol. The number of rotatable bonds is 10. The molecule has 0 heterocycles. The minimum absolute atomic E-state index is 0.140. The lowest BCUT2D eigenvalue weighted by Crippen LogP contribution is -2.49. The van der Waals surface area contributed by atoms with E-state index in [0.717, 1.165) is 14.9 Å². The Bertz CT molecular complexity index is 822. The average molecular weight is 524 g/mol. The minimum atomic E-state index is -0.626. The summed E-state index contributed by atoms with van der Waals surface area (Å²) in [6, 6.07) is 14.3. The van der Waals surface area contributed by atoms with Crippen LogP contribution in [0.2, 0.25) is 0 Å². The van der Waals surface area contributed by atoms with Gasteiger partial charge in [0.1, 0.15) is 17.5 Å². The summed E-state index contributed by atoms with van der Waals surface area (Å²) in [5.41, 5.74) is 0.905. The Morgan fingerprint density at radius 2 is 1.60 bits per heavy atom. The average Bonchev–Trinajstić information content (AvgIpc) is 2.75. The quantitative estimate of drug-likeness (QED) is 0.480. The van der Waals surface area contributed by atoms with Crippen molar-refractivity contribution in [3.63, 3.8) is 0 Å². The molecule has 6 nitrogen and oxygen atoms in total. The summed E-state index contributed by atoms with van der Waals surface area (Å²) in [7, 11) is 1.61. The maximum atomic E-state index is 13.0. The van der Waals surface area contributed by atoms with E-state index < -0.39 is 6.04 Å². The van der Waals surface area contributed by atoms with E-state index in [1.807, 2.05) is 62.4 Å². The van der Waals surface area contributed by atoms with E-state index in [1.165, 1.54) is 0 Å². The topological polar surface area (TPSA) is 67.9 Å². The molecule has 2 amide bonds. The van der Waals surface area contributed by atoms with Crippen LogP contribution in [0.5, 0.6) is 11.5 Å². The number of halogens is 1. The normalized spacial score (nSPS) is 11.7. The third-order valence-electron chi connectivity index (χ3n) is 4.54. The second-order valence-electron chi connectivity index (χ2n) is 7.43. The highest BCUT2D eigenvalue weighted by Gasteiger charge is 2.26. The van der Waals surface area contributed by atoms with Gasteiger partial charge in [-0.2, -0.15) is 0 Å². The van der Waals surface area contributed by atoms with Crippen molar-refractivity contribution in [2.45, 2.75) is 33.4 Å². The zero-order valence-corrected chi connectivity index (χ0v) is 20.0. The molecule has 0 saturated carbocycles. The number of hydrogen-bond acceptors (Lipinski definition) is 4. The predicted octanol–water partition coefficient (Wildman–Crippen LogP) is 3.87. The monoisotopic (exact) mass is 524 g/mol. The van der Waals surface area contributed by atoms with Crippen molar-refractivity contribution in [3.8, 4) is 11.5 Å². The van der Waals surface area contributed by atoms with E-state index in [1.54, 1.807) is 18.9 Å². The fourth-order valence-corrected chi connectivity index (χ4v) is 3.08. The summed E-state index contributed by atoms with van der Waals surface area (Å²) in [4.78, 5) is 27.2. The SMILES string of the molecule is COc1ccc(CN(C(=O)COc2ccc(I)cc2)[C@@H](C)C(=O)NCC(C)C)cc1. The molecule has 0 spiro atoms. The highest BCUT2D eigenvalue weighted by molar-refractivity contribution is 14.1. The first-order chi connectivity index (χ1) is 14.3. The van der Waals surface area contributed by atoms with E-state index in [9.17, 15) is 9.59 Å². The fraction of sp³-hybridized carbons (Fsp3) is 0.391. The first-order valence-corrected chi connectivity index (χ1v) is 11.0. The molecular formula is C23H29IN2O4. The molecule has 0 saturated heterocycles. The summed E-state index contributed by atoms with van der Waals surface area (Å²) in [6.07, 6.45) is 0. The molecule has 0 aliphatic carbocycles. The Morgan fingerprint density at radius 1 is 1.00 bits per heavy atom. The third-order valence-corrected chi connectivity index (χ3v) is 5.26. The Kier molecular flexibility index (Phi) is 9.42. The highest BCUT2D eigenvalue weighted by Crippen LogP contribution is 2.17. The number of amides is 2. The third kappa shape index (κ3) is 7.51. The van der Waals surface area contributed by atoms with Crippen LogP contribution in [-0.4, -0.2) is 43.0 Å². The molecule has 0 aromatic heterocycles. The Balaban J connectivity index is 2.12. The van der Waals surface area contributed by atoms with Crippen LogP contribution >= 0.6 is 22.6 Å². The van der Waals surface area contributed by atoms with Gasteiger partial charge in [0, 0.05) is 16.7 Å². The summed E-state index contributed by atoms with van der Waals surface area (Å²) in [5.74, 6) is 1.25. The molecule has 0 fully saturated rings. The molecule has 2 aromatic rings. The highest BCUT2D eigenvalue weighted by atomic mass is 127. The van der Waals surface area contributed by atoms with Crippen LogP contribution in [0.1, 0.15) is 26.3 Å². The van der Waals surface area contributed by atoms with Gasteiger partial charge in [0.05, 0.1) is 7.11 Å². The van der Waals surface area contributed by atoms with Crippen LogP contribution < -0.4 is 14.8 Å². The van der Waals surface area contributed by atoms with Gasteiger partial charge in [-0.15, -0.1) is 0 Å². The van der Waals surface area contributed by atoms with Gasteiger partial charge in [0.25, 0.3) is 5.91 Å². The van der Waals surface area contributed by atoms with Gasteiger partial charge in [0.15, 0.2) is 6.61 Å². The number of hydrogen-bond donors (Lipinski definition) is 1. The number of nitrogens with zero attached hydrogens (tertiary/aromatic N) is 1. The van der Waals surface area contributed by atoms with Gasteiger partial charge < -0.3 is 19.7 Å². The van der Waals surface area contributed by atoms with Crippen molar-refractivity contribution in [3.05, 3.63) is 57.7 Å². The van der Waals surface area contributed by atoms with Crippen molar-refractivity contribution < 1.29 is 19.1 Å². The molecule has 1 atom stereocenters. The van der Waals surface area contributed by atoms with Crippen LogP contribution in [-0.2, 0) is 16.1 Å². The molecule has 30 heavy (non-hydrogen) atoms. The fourth-order valence-electron chi connectivity index (χ4n) is 2.72. The van der Waals surface area contributed by atoms with E-state index >= 15 is 0 Å². The van der Waals surface area contributed by atoms with Crippen molar-refractivity contribution in [2.24, 2.45) is 5.92 Å². The molecule has 0 aliphatic rings. The molecule has 0 radical (unpaired) electrons. The Hall–Kier alpha value is -2.29. The summed E-state index contributed by atoms with van der Waals surface area (Å²) in [6.45, 7) is 6.52. The van der Waals surface area contributed by atoms with Gasteiger partial charge in [0.2, 0.25) is 5.91 Å². The number of nitrogens with one attached hydrogen (secondary N) is 1. The van der Waals surface area contributed by atoms with Gasteiger partial charge in [-0.1, -0.05) is 26.0 Å². The number of benzene rings is 2. The summed E-state index contributed by atoms with van der Waals surface area (Å²) >= 11 is 2.21. The molecule has 2 rings (SSSR count).